The molecule has 3 N–H and O–H groups in total. The molecule has 102 valence electrons. The van der Waals surface area contributed by atoms with Crippen LogP contribution in [-0.4, -0.2) is 43.9 Å². The minimum atomic E-state index is -0.439. The summed E-state index contributed by atoms with van der Waals surface area (Å²) in [5.74, 6) is 0. The van der Waals surface area contributed by atoms with Crippen molar-refractivity contribution in [2.45, 2.75) is 45.8 Å². The molecule has 0 radical (unpaired) electrons. The monoisotopic (exact) mass is 245 g/mol. The molecule has 0 aromatic carbocycles. The van der Waals surface area contributed by atoms with E-state index >= 15 is 0 Å². The van der Waals surface area contributed by atoms with Gasteiger partial charge < -0.3 is 20.7 Å². The summed E-state index contributed by atoms with van der Waals surface area (Å²) in [6.07, 6.45) is -0.368. The van der Waals surface area contributed by atoms with Gasteiger partial charge >= 0.3 is 6.09 Å². The molecule has 5 heteroatoms. The number of carbonyl (C=O) groups excluding carboxylic acids is 1. The number of amides is 1. The normalized spacial score (nSPS) is 12.4. The largest absolute Gasteiger partial charge is 0.444 e. The summed E-state index contributed by atoms with van der Waals surface area (Å²) in [7, 11) is 1.93. The van der Waals surface area contributed by atoms with Gasteiger partial charge in [-0.15, -0.1) is 0 Å². The lowest BCUT2D eigenvalue weighted by Gasteiger charge is -2.24. The fourth-order valence-corrected chi connectivity index (χ4v) is 1.06. The van der Waals surface area contributed by atoms with E-state index in [-0.39, 0.29) is 11.6 Å². The Bertz CT molecular complexity index is 234. The second kappa shape index (κ2) is 6.81. The highest BCUT2D eigenvalue weighted by atomic mass is 16.6. The fraction of sp³-hybridized carbons (Fsp3) is 0.917. The maximum absolute atomic E-state index is 11.3. The van der Waals surface area contributed by atoms with Gasteiger partial charge in [0.15, 0.2) is 0 Å². The minimum absolute atomic E-state index is 0.0614. The fourth-order valence-electron chi connectivity index (χ4n) is 1.06. The first kappa shape index (κ1) is 16.2. The zero-order chi connectivity index (χ0) is 13.5. The van der Waals surface area contributed by atoms with Crippen LogP contribution in [0.4, 0.5) is 4.79 Å². The highest BCUT2D eigenvalue weighted by molar-refractivity contribution is 5.67. The Balaban J connectivity index is 3.56. The van der Waals surface area contributed by atoms with Crippen LogP contribution in [0.3, 0.4) is 0 Å². The number of carbonyl (C=O) groups is 1. The molecule has 17 heavy (non-hydrogen) atoms. The lowest BCUT2D eigenvalue weighted by Crippen LogP contribution is -2.47. The van der Waals surface area contributed by atoms with E-state index in [1.54, 1.807) is 0 Å². The zero-order valence-electron chi connectivity index (χ0n) is 11.9. The van der Waals surface area contributed by atoms with Gasteiger partial charge in [0.2, 0.25) is 0 Å². The third kappa shape index (κ3) is 10.1. The van der Waals surface area contributed by atoms with Crippen molar-refractivity contribution in [1.82, 2.24) is 16.0 Å². The quantitative estimate of drug-likeness (QED) is 0.613. The van der Waals surface area contributed by atoms with Crippen molar-refractivity contribution in [2.75, 3.05) is 26.7 Å². The second-order valence-corrected chi connectivity index (χ2v) is 5.74. The molecule has 0 saturated heterocycles. The molecule has 0 bridgehead atoms. The number of likely N-dealkylation sites (N-methyl/N-ethyl adjacent to an activating group) is 1. The lowest BCUT2D eigenvalue weighted by atomic mass is 10.1. The van der Waals surface area contributed by atoms with E-state index in [9.17, 15) is 4.79 Å². The first-order valence-corrected chi connectivity index (χ1v) is 6.03. The molecule has 0 saturated carbocycles. The molecule has 0 spiro atoms. The summed E-state index contributed by atoms with van der Waals surface area (Å²) in [6.45, 7) is 11.9. The Morgan fingerprint density at radius 3 is 2.18 bits per heavy atom. The van der Waals surface area contributed by atoms with E-state index in [0.717, 1.165) is 13.1 Å². The average molecular weight is 245 g/mol. The molecule has 0 fully saturated rings. The van der Waals surface area contributed by atoms with Crippen LogP contribution in [0.2, 0.25) is 0 Å². The molecule has 0 aromatic heterocycles. The van der Waals surface area contributed by atoms with Crippen LogP contribution in [0.1, 0.15) is 34.6 Å². The second-order valence-electron chi connectivity index (χ2n) is 5.74. The summed E-state index contributed by atoms with van der Waals surface area (Å²) in [4.78, 5) is 11.3. The predicted octanol–water partition coefficient (Wildman–Crippen LogP) is 1.10. The summed E-state index contributed by atoms with van der Waals surface area (Å²) >= 11 is 0. The smallest absolute Gasteiger partial charge is 0.407 e. The van der Waals surface area contributed by atoms with Crippen LogP contribution in [0.25, 0.3) is 0 Å². The van der Waals surface area contributed by atoms with Gasteiger partial charge in [-0.25, -0.2) is 4.79 Å². The Morgan fingerprint density at radius 2 is 1.71 bits per heavy atom. The maximum Gasteiger partial charge on any atom is 0.407 e. The number of hydrogen-bond acceptors (Lipinski definition) is 4. The van der Waals surface area contributed by atoms with Crippen LogP contribution in [0, 0.1) is 0 Å². The zero-order valence-corrected chi connectivity index (χ0v) is 11.9. The van der Waals surface area contributed by atoms with Crippen molar-refractivity contribution in [3.8, 4) is 0 Å². The lowest BCUT2D eigenvalue weighted by molar-refractivity contribution is 0.0528. The van der Waals surface area contributed by atoms with Crippen molar-refractivity contribution in [3.63, 3.8) is 0 Å². The summed E-state index contributed by atoms with van der Waals surface area (Å²) in [5, 5.41) is 9.16. The Hall–Kier alpha value is -0.810. The van der Waals surface area contributed by atoms with Crippen LogP contribution in [-0.2, 0) is 4.74 Å². The minimum Gasteiger partial charge on any atom is -0.444 e. The van der Waals surface area contributed by atoms with Gasteiger partial charge in [-0.1, -0.05) is 0 Å². The highest BCUT2D eigenvalue weighted by Crippen LogP contribution is 2.05. The molecule has 0 rings (SSSR count). The molecule has 0 aliphatic carbocycles. The van der Waals surface area contributed by atoms with E-state index in [4.69, 9.17) is 4.74 Å². The van der Waals surface area contributed by atoms with Gasteiger partial charge in [0.05, 0.1) is 0 Å². The van der Waals surface area contributed by atoms with Gasteiger partial charge in [-0.3, -0.25) is 0 Å². The number of nitrogens with one attached hydrogen (secondary N) is 3. The molecule has 1 amide bonds. The first-order valence-electron chi connectivity index (χ1n) is 6.03. The summed E-state index contributed by atoms with van der Waals surface area (Å²) < 4.78 is 5.12. The topological polar surface area (TPSA) is 62.4 Å². The van der Waals surface area contributed by atoms with E-state index in [1.165, 1.54) is 0 Å². The molecule has 5 nitrogen and oxygen atoms in total. The third-order valence-electron chi connectivity index (χ3n) is 2.21. The summed E-state index contributed by atoms with van der Waals surface area (Å²) in [6, 6.07) is 0. The Kier molecular flexibility index (Phi) is 6.49. The van der Waals surface area contributed by atoms with Gasteiger partial charge in [0.25, 0.3) is 0 Å². The standard InChI is InChI=1S/C12H27N3O2/c1-11(2,3)17-10(16)15-8-7-14-9-12(4,5)13-6/h13-14H,7-9H2,1-6H3,(H,15,16). The van der Waals surface area contributed by atoms with Crippen molar-refractivity contribution in [1.29, 1.82) is 0 Å². The highest BCUT2D eigenvalue weighted by Gasteiger charge is 2.16. The van der Waals surface area contributed by atoms with Crippen molar-refractivity contribution in [2.24, 2.45) is 0 Å². The molecular weight excluding hydrogens is 218 g/mol. The molecule has 0 aromatic rings. The number of alkyl carbamates (subject to hydrolysis) is 1. The van der Waals surface area contributed by atoms with E-state index in [0.29, 0.717) is 6.54 Å². The Labute approximate surface area is 105 Å². The van der Waals surface area contributed by atoms with Crippen molar-refractivity contribution < 1.29 is 9.53 Å². The molecule has 0 aliphatic heterocycles. The van der Waals surface area contributed by atoms with Crippen LogP contribution in [0.15, 0.2) is 0 Å². The molecule has 0 atom stereocenters. The SMILES string of the molecule is CNC(C)(C)CNCCNC(=O)OC(C)(C)C. The van der Waals surface area contributed by atoms with Crippen molar-refractivity contribution in [3.05, 3.63) is 0 Å². The predicted molar refractivity (Wildman–Crippen MR) is 70.2 cm³/mol. The van der Waals surface area contributed by atoms with Gasteiger partial charge in [-0.2, -0.15) is 0 Å². The van der Waals surface area contributed by atoms with E-state index in [2.05, 4.69) is 29.8 Å². The van der Waals surface area contributed by atoms with Crippen molar-refractivity contribution >= 4 is 6.09 Å². The van der Waals surface area contributed by atoms with E-state index in [1.807, 2.05) is 27.8 Å². The average Bonchev–Trinajstić information content (AvgIpc) is 2.14. The molecule has 0 aliphatic rings. The van der Waals surface area contributed by atoms with Gasteiger partial charge in [0, 0.05) is 25.2 Å². The Morgan fingerprint density at radius 1 is 1.12 bits per heavy atom. The van der Waals surface area contributed by atoms with Crippen LogP contribution in [0.5, 0.6) is 0 Å². The first-order chi connectivity index (χ1) is 7.66. The molecule has 0 heterocycles. The van der Waals surface area contributed by atoms with Gasteiger partial charge in [-0.05, 0) is 41.7 Å². The summed E-state index contributed by atoms with van der Waals surface area (Å²) in [5.41, 5.74) is -0.377. The van der Waals surface area contributed by atoms with Gasteiger partial charge in [0.1, 0.15) is 5.60 Å². The third-order valence-corrected chi connectivity index (χ3v) is 2.21. The van der Waals surface area contributed by atoms with Crippen LogP contribution < -0.4 is 16.0 Å². The number of hydrogen-bond donors (Lipinski definition) is 3. The molecular formula is C12H27N3O2. The maximum atomic E-state index is 11.3. The number of rotatable bonds is 6. The molecule has 0 unspecified atom stereocenters. The van der Waals surface area contributed by atoms with Crippen LogP contribution >= 0.6 is 0 Å². The van der Waals surface area contributed by atoms with E-state index < -0.39 is 5.60 Å². The number of ether oxygens (including phenoxy) is 1.